The number of carbonyl (C=O) groups excluding carboxylic acids is 2. The van der Waals surface area contributed by atoms with Crippen LogP contribution in [0.4, 0.5) is 0 Å². The molecular weight excluding hydrogens is 312 g/mol. The summed E-state index contributed by atoms with van der Waals surface area (Å²) in [6, 6.07) is 12.6. The second kappa shape index (κ2) is 9.89. The third-order valence-electron chi connectivity index (χ3n) is 2.80. The summed E-state index contributed by atoms with van der Waals surface area (Å²) in [5.74, 6) is -1.07. The van der Waals surface area contributed by atoms with Crippen molar-refractivity contribution in [1.29, 1.82) is 0 Å². The van der Waals surface area contributed by atoms with Gasteiger partial charge in [-0.25, -0.2) is 9.59 Å². The predicted octanol–water partition coefficient (Wildman–Crippen LogP) is 3.14. The number of phenolic OH excluding ortho intramolecular Hbond substituents is 2. The lowest BCUT2D eigenvalue weighted by Gasteiger charge is -2.02. The molecule has 0 heterocycles. The molecular formula is C18H20O6. The fourth-order valence-corrected chi connectivity index (χ4v) is 1.71. The number of hydrogen-bond acceptors (Lipinski definition) is 6. The van der Waals surface area contributed by atoms with Crippen LogP contribution in [0.15, 0.2) is 48.5 Å². The van der Waals surface area contributed by atoms with Crippen LogP contribution >= 0.6 is 0 Å². The number of hydrogen-bond donors (Lipinski definition) is 2. The lowest BCUT2D eigenvalue weighted by Crippen LogP contribution is -2.04. The Morgan fingerprint density at radius 1 is 0.750 bits per heavy atom. The van der Waals surface area contributed by atoms with Gasteiger partial charge in [0, 0.05) is 0 Å². The molecule has 0 unspecified atom stereocenters. The summed E-state index contributed by atoms with van der Waals surface area (Å²) in [6.45, 7) is 4.07. The van der Waals surface area contributed by atoms with Crippen molar-refractivity contribution in [3.8, 4) is 11.5 Å². The standard InChI is InChI=1S/2C9H10O3/c2*1-2-12-9(11)7-5-3-4-6-8(7)10/h2*3-6,10H,2H2,1H3. The van der Waals surface area contributed by atoms with Crippen molar-refractivity contribution in [3.05, 3.63) is 59.7 Å². The van der Waals surface area contributed by atoms with Crippen molar-refractivity contribution < 1.29 is 29.3 Å². The maximum atomic E-state index is 11.1. The second-order valence-electron chi connectivity index (χ2n) is 4.48. The first-order valence-corrected chi connectivity index (χ1v) is 7.41. The van der Waals surface area contributed by atoms with Crippen molar-refractivity contribution >= 4 is 11.9 Å². The zero-order chi connectivity index (χ0) is 17.9. The van der Waals surface area contributed by atoms with Gasteiger partial charge in [0.15, 0.2) is 0 Å². The SMILES string of the molecule is CCOC(=O)c1ccccc1O.CCOC(=O)c1ccccc1O. The highest BCUT2D eigenvalue weighted by Gasteiger charge is 2.10. The summed E-state index contributed by atoms with van der Waals surface area (Å²) < 4.78 is 9.42. The first-order valence-electron chi connectivity index (χ1n) is 7.41. The first kappa shape index (κ1) is 19.0. The average molecular weight is 332 g/mol. The minimum Gasteiger partial charge on any atom is -0.507 e. The van der Waals surface area contributed by atoms with Gasteiger partial charge >= 0.3 is 11.9 Å². The van der Waals surface area contributed by atoms with E-state index >= 15 is 0 Å². The van der Waals surface area contributed by atoms with E-state index < -0.39 is 11.9 Å². The van der Waals surface area contributed by atoms with Crippen molar-refractivity contribution in [3.63, 3.8) is 0 Å². The van der Waals surface area contributed by atoms with Crippen LogP contribution in [-0.2, 0) is 9.47 Å². The van der Waals surface area contributed by atoms with Crippen LogP contribution in [0.1, 0.15) is 34.6 Å². The van der Waals surface area contributed by atoms with Crippen molar-refractivity contribution in [1.82, 2.24) is 0 Å². The highest BCUT2D eigenvalue weighted by Crippen LogP contribution is 2.16. The molecule has 0 atom stereocenters. The first-order chi connectivity index (χ1) is 11.5. The fraction of sp³-hybridized carbons (Fsp3) is 0.222. The van der Waals surface area contributed by atoms with Crippen LogP contribution in [0.25, 0.3) is 0 Å². The Balaban J connectivity index is 0.000000240. The zero-order valence-electron chi connectivity index (χ0n) is 13.6. The van der Waals surface area contributed by atoms with Gasteiger partial charge in [-0.15, -0.1) is 0 Å². The van der Waals surface area contributed by atoms with Gasteiger partial charge in [-0.3, -0.25) is 0 Å². The second-order valence-corrected chi connectivity index (χ2v) is 4.48. The van der Waals surface area contributed by atoms with Crippen molar-refractivity contribution in [2.45, 2.75) is 13.8 Å². The topological polar surface area (TPSA) is 93.1 Å². The van der Waals surface area contributed by atoms with Crippen molar-refractivity contribution in [2.24, 2.45) is 0 Å². The number of para-hydroxylation sites is 2. The van der Waals surface area contributed by atoms with Gasteiger partial charge in [0.05, 0.1) is 13.2 Å². The quantitative estimate of drug-likeness (QED) is 0.836. The summed E-state index contributed by atoms with van der Waals surface area (Å²) >= 11 is 0. The molecule has 2 aromatic rings. The summed E-state index contributed by atoms with van der Waals surface area (Å²) in [4.78, 5) is 22.2. The molecule has 0 saturated heterocycles. The maximum absolute atomic E-state index is 11.1. The van der Waals surface area contributed by atoms with Gasteiger partial charge in [-0.2, -0.15) is 0 Å². The van der Waals surface area contributed by atoms with Gasteiger partial charge in [-0.05, 0) is 38.1 Å². The van der Waals surface area contributed by atoms with Crippen LogP contribution < -0.4 is 0 Å². The molecule has 0 saturated carbocycles. The largest absolute Gasteiger partial charge is 0.507 e. The minimum absolute atomic E-state index is 0.0454. The number of esters is 2. The van der Waals surface area contributed by atoms with E-state index in [9.17, 15) is 19.8 Å². The van der Waals surface area contributed by atoms with E-state index in [1.54, 1.807) is 38.1 Å². The number of carbonyl (C=O) groups is 2. The maximum Gasteiger partial charge on any atom is 0.341 e. The normalized spacial score (nSPS) is 9.42. The molecule has 2 N–H and O–H groups in total. The molecule has 0 bridgehead atoms. The smallest absolute Gasteiger partial charge is 0.341 e. The average Bonchev–Trinajstić information content (AvgIpc) is 2.56. The van der Waals surface area contributed by atoms with E-state index in [-0.39, 0.29) is 22.6 Å². The van der Waals surface area contributed by atoms with Crippen LogP contribution in [0.2, 0.25) is 0 Å². The summed E-state index contributed by atoms with van der Waals surface area (Å²) in [5, 5.41) is 18.4. The zero-order valence-corrected chi connectivity index (χ0v) is 13.6. The van der Waals surface area contributed by atoms with Crippen LogP contribution in [0.5, 0.6) is 11.5 Å². The molecule has 24 heavy (non-hydrogen) atoms. The molecule has 0 aliphatic carbocycles. The number of aromatic hydroxyl groups is 2. The van der Waals surface area contributed by atoms with Gasteiger partial charge in [0.25, 0.3) is 0 Å². The molecule has 6 heteroatoms. The van der Waals surface area contributed by atoms with Gasteiger partial charge in [0.2, 0.25) is 0 Å². The molecule has 0 amide bonds. The Morgan fingerprint density at radius 3 is 1.38 bits per heavy atom. The Morgan fingerprint density at radius 2 is 1.08 bits per heavy atom. The molecule has 0 radical (unpaired) electrons. The predicted molar refractivity (Wildman–Crippen MR) is 88.1 cm³/mol. The third-order valence-corrected chi connectivity index (χ3v) is 2.80. The van der Waals surface area contributed by atoms with Crippen molar-refractivity contribution in [2.75, 3.05) is 13.2 Å². The third kappa shape index (κ3) is 5.64. The summed E-state index contributed by atoms with van der Waals surface area (Å²) in [6.07, 6.45) is 0. The molecule has 2 rings (SSSR count). The van der Waals surface area contributed by atoms with E-state index in [2.05, 4.69) is 0 Å². The van der Waals surface area contributed by atoms with Gasteiger partial charge in [-0.1, -0.05) is 24.3 Å². The molecule has 0 aromatic heterocycles. The highest BCUT2D eigenvalue weighted by atomic mass is 16.5. The van der Waals surface area contributed by atoms with E-state index in [1.165, 1.54) is 24.3 Å². The molecule has 6 nitrogen and oxygen atoms in total. The Labute approximate surface area is 140 Å². The monoisotopic (exact) mass is 332 g/mol. The van der Waals surface area contributed by atoms with E-state index in [0.29, 0.717) is 13.2 Å². The number of rotatable bonds is 4. The van der Waals surface area contributed by atoms with Gasteiger partial charge < -0.3 is 19.7 Å². The van der Waals surface area contributed by atoms with E-state index in [0.717, 1.165) is 0 Å². The summed E-state index contributed by atoms with van der Waals surface area (Å²) in [5.41, 5.74) is 0.415. The molecule has 128 valence electrons. The number of benzene rings is 2. The lowest BCUT2D eigenvalue weighted by molar-refractivity contribution is 0.0513. The Kier molecular flexibility index (Phi) is 7.84. The van der Waals surface area contributed by atoms with Crippen LogP contribution in [0, 0.1) is 0 Å². The highest BCUT2D eigenvalue weighted by molar-refractivity contribution is 5.92. The molecule has 2 aromatic carbocycles. The molecule has 0 fully saturated rings. The van der Waals surface area contributed by atoms with Crippen LogP contribution in [-0.4, -0.2) is 35.4 Å². The molecule has 0 aliphatic rings. The minimum atomic E-state index is -0.490. The molecule has 0 aliphatic heterocycles. The Bertz CT molecular complexity index is 621. The molecule has 0 spiro atoms. The van der Waals surface area contributed by atoms with E-state index in [4.69, 9.17) is 9.47 Å². The van der Waals surface area contributed by atoms with Crippen LogP contribution in [0.3, 0.4) is 0 Å². The number of ether oxygens (including phenoxy) is 2. The number of phenols is 2. The van der Waals surface area contributed by atoms with Gasteiger partial charge in [0.1, 0.15) is 22.6 Å². The lowest BCUT2D eigenvalue weighted by atomic mass is 10.2. The summed E-state index contributed by atoms with van der Waals surface area (Å²) in [7, 11) is 0. The fourth-order valence-electron chi connectivity index (χ4n) is 1.71. The van der Waals surface area contributed by atoms with E-state index in [1.807, 2.05) is 0 Å². The Hall–Kier alpha value is -3.02.